The van der Waals surface area contributed by atoms with Crippen molar-refractivity contribution >= 4 is 32.8 Å². The third-order valence-corrected chi connectivity index (χ3v) is 13.5. The topological polar surface area (TPSA) is 35.9 Å². The summed E-state index contributed by atoms with van der Waals surface area (Å²) in [6, 6.07) is 13.4. The fourth-order valence-corrected chi connectivity index (χ4v) is 9.72. The minimum atomic E-state index is -0.991. The largest absolute Gasteiger partial charge is 0.510 e. The minimum Gasteiger partial charge on any atom is -0.510 e. The first kappa shape index (κ1) is 30.2. The van der Waals surface area contributed by atoms with E-state index in [2.05, 4.69) is 39.2 Å². The molecule has 14 aromatic rings. The summed E-state index contributed by atoms with van der Waals surface area (Å²) in [5.74, 6) is 1.06. The monoisotopic (exact) mass is 1260 g/mol. The Bertz CT molecular complexity index is 5740. The summed E-state index contributed by atoms with van der Waals surface area (Å²) in [6.07, 6.45) is 5.10. The number of hydrogen-bond donors (Lipinski definition) is 0. The molecule has 0 bridgehead atoms. The Kier molecular flexibility index (Phi) is 8.02. The molecule has 0 fully saturated rings. The molecule has 14 rings (SSSR count). The third-order valence-electron chi connectivity index (χ3n) is 13.5. The van der Waals surface area contributed by atoms with Crippen molar-refractivity contribution in [2.24, 2.45) is 0 Å². The van der Waals surface area contributed by atoms with Crippen molar-refractivity contribution in [3.63, 3.8) is 0 Å². The second-order valence-electron chi connectivity index (χ2n) is 19.6. The van der Waals surface area contributed by atoms with Crippen molar-refractivity contribution in [1.82, 2.24) is 14.1 Å². The van der Waals surface area contributed by atoms with Crippen molar-refractivity contribution in [3.8, 4) is 95.5 Å². The first-order chi connectivity index (χ1) is 50.6. The van der Waals surface area contributed by atoms with Crippen molar-refractivity contribution in [1.29, 1.82) is 0 Å². The number of ether oxygens (including phenoxy) is 1. The number of para-hydroxylation sites is 4. The molecule has 0 amide bonds. The molecule has 0 atom stereocenters. The number of nitrogens with zero attached hydrogens (tertiary/aromatic N) is 4. The molecule has 11 aromatic carbocycles. The molecule has 0 aliphatic rings. The smallest absolute Gasteiger partial charge is 0.268 e. The van der Waals surface area contributed by atoms with Crippen LogP contribution in [0.1, 0.15) is 62.0 Å². The molecular weight excluding hydrogens is 1180 g/mol. The maximum Gasteiger partial charge on any atom is 0.268 e. The predicted octanol–water partition coefficient (Wildman–Crippen LogP) is 18.9. The molecule has 396 valence electrons. The van der Waals surface area contributed by atoms with Crippen LogP contribution in [0.4, 0.5) is 0 Å². The van der Waals surface area contributed by atoms with Gasteiger partial charge in [-0.2, -0.15) is 18.2 Å². The standard InChI is InChI=1S/C76H54N4O.Pt/c1-76(2,3)62-40-41-77-74(48-62)80-70-35-17-16-32-68(70)69-39-38-65(50-73(69)80)81-64-31-20-30-63(49-64)78-51-79(72-37-19-18-36-71(72)78)75-66(60-44-56(52-22-8-4-9-23-52)42-57(45-60)53-24-10-5-11-25-53)33-21-34-67(75)61-46-58(54-26-12-6-13-27-54)43-59(47-61)55-28-14-7-15-29-55;/h4-48H,1-3H3;/q-2;/i4D,5D,6D,7D,8D,9D,10D,11D,12D,13D,14D,15D,22D,23D,24D,25D,26D,27D,28D,29D,42D,43D,44D,45D,46D,47D;. The van der Waals surface area contributed by atoms with Crippen LogP contribution >= 0.6 is 0 Å². The van der Waals surface area contributed by atoms with Crippen LogP contribution in [0.3, 0.4) is 0 Å². The Morgan fingerprint density at radius 3 is 1.54 bits per heavy atom. The Labute approximate surface area is 529 Å². The normalized spacial score (nSPS) is 15.9. The Morgan fingerprint density at radius 1 is 0.476 bits per heavy atom. The van der Waals surface area contributed by atoms with Crippen LogP contribution in [0.5, 0.6) is 11.5 Å². The maximum absolute atomic E-state index is 10.4. The molecule has 0 aliphatic carbocycles. The molecule has 6 heteroatoms. The van der Waals surface area contributed by atoms with Crippen molar-refractivity contribution in [3.05, 3.63) is 297 Å². The molecule has 5 nitrogen and oxygen atoms in total. The maximum atomic E-state index is 10.4. The summed E-state index contributed by atoms with van der Waals surface area (Å²) < 4.78 is 252. The fourth-order valence-electron chi connectivity index (χ4n) is 9.72. The quantitative estimate of drug-likeness (QED) is 0.0956. The zero-order valence-corrected chi connectivity index (χ0v) is 45.8. The number of imidazole rings is 1. The van der Waals surface area contributed by atoms with Crippen molar-refractivity contribution in [2.75, 3.05) is 0 Å². The second-order valence-corrected chi connectivity index (χ2v) is 19.6. The zero-order valence-electron chi connectivity index (χ0n) is 69.5. The van der Waals surface area contributed by atoms with Gasteiger partial charge < -0.3 is 13.9 Å². The number of benzene rings is 11. The molecule has 0 unspecified atom stereocenters. The van der Waals surface area contributed by atoms with Crippen molar-refractivity contribution < 1.29 is 66.0 Å². The van der Waals surface area contributed by atoms with E-state index in [1.54, 1.807) is 54.7 Å². The first-order valence-corrected chi connectivity index (χ1v) is 25.4. The molecule has 0 saturated heterocycles. The van der Waals surface area contributed by atoms with Gasteiger partial charge in [-0.3, -0.25) is 4.57 Å². The molecule has 0 N–H and O–H groups in total. The fraction of sp³-hybridized carbons (Fsp3) is 0.0526. The van der Waals surface area contributed by atoms with E-state index in [4.69, 9.17) is 26.2 Å². The van der Waals surface area contributed by atoms with Crippen LogP contribution in [0.2, 0.25) is 0 Å². The van der Waals surface area contributed by atoms with Gasteiger partial charge in [0.2, 0.25) is 0 Å². The molecule has 3 aromatic heterocycles. The van der Waals surface area contributed by atoms with Crippen LogP contribution in [-0.2, 0) is 26.5 Å². The Hall–Kier alpha value is -9.67. The molecule has 0 radical (unpaired) electrons. The number of rotatable bonds is 11. The van der Waals surface area contributed by atoms with Gasteiger partial charge in [0.15, 0.2) is 0 Å². The molecule has 82 heavy (non-hydrogen) atoms. The van der Waals surface area contributed by atoms with E-state index >= 15 is 0 Å². The van der Waals surface area contributed by atoms with Gasteiger partial charge in [-0.05, 0) is 143 Å². The van der Waals surface area contributed by atoms with Gasteiger partial charge in [0, 0.05) is 44.3 Å². The van der Waals surface area contributed by atoms with Gasteiger partial charge in [-0.1, -0.05) is 208 Å². The van der Waals surface area contributed by atoms with Gasteiger partial charge in [0.1, 0.15) is 5.82 Å². The predicted molar refractivity (Wildman–Crippen MR) is 331 cm³/mol. The summed E-state index contributed by atoms with van der Waals surface area (Å²) in [5, 5.41) is 1.79. The summed E-state index contributed by atoms with van der Waals surface area (Å²) in [6.45, 7) is 6.32. The Balaban J connectivity index is 0.0000103. The van der Waals surface area contributed by atoms with Gasteiger partial charge in [-0.25, -0.2) is 4.98 Å². The van der Waals surface area contributed by atoms with Gasteiger partial charge in [-0.15, -0.1) is 29.7 Å². The van der Waals surface area contributed by atoms with E-state index in [1.165, 1.54) is 27.3 Å². The molecular formula is C76H54N4OPt-2. The average molecular weight is 1260 g/mol. The second kappa shape index (κ2) is 21.8. The Morgan fingerprint density at radius 2 is 0.976 bits per heavy atom. The average Bonchev–Trinajstić information content (AvgIpc) is 1.11. The van der Waals surface area contributed by atoms with Crippen molar-refractivity contribution in [2.45, 2.75) is 26.2 Å². The van der Waals surface area contributed by atoms with Crippen LogP contribution in [-0.4, -0.2) is 14.1 Å². The van der Waals surface area contributed by atoms with Crippen LogP contribution in [0.25, 0.3) is 117 Å². The third kappa shape index (κ3) is 9.84. The molecule has 0 aliphatic heterocycles. The van der Waals surface area contributed by atoms with E-state index in [-0.39, 0.29) is 66.0 Å². The summed E-state index contributed by atoms with van der Waals surface area (Å²) >= 11 is 0. The van der Waals surface area contributed by atoms with E-state index in [0.29, 0.717) is 16.9 Å². The summed E-state index contributed by atoms with van der Waals surface area (Å²) in [7, 11) is 0. The van der Waals surface area contributed by atoms with Gasteiger partial charge in [0.05, 0.1) is 52.4 Å². The van der Waals surface area contributed by atoms with E-state index < -0.39 is 213 Å². The molecule has 0 spiro atoms. The minimum absolute atomic E-state index is 0. The van der Waals surface area contributed by atoms with Crippen LogP contribution in [0.15, 0.2) is 272 Å². The van der Waals surface area contributed by atoms with E-state index in [0.717, 1.165) is 21.9 Å². The molecule has 3 heterocycles. The number of fused-ring (bicyclic) bond motifs is 4. The van der Waals surface area contributed by atoms with Crippen LogP contribution < -0.4 is 9.30 Å². The number of aromatic nitrogens is 4. The van der Waals surface area contributed by atoms with Gasteiger partial charge >= 0.3 is 0 Å². The molecule has 0 saturated carbocycles. The summed E-state index contributed by atoms with van der Waals surface area (Å²) in [5.41, 5.74) is -5.70. The SMILES string of the molecule is [2H]c1c([2H])c([2H])c(-c2c([2H])c(-c3cccc(-c4c([2H])c(-c5c([2H])c([2H])c([2H])c([2H])c5[2H])c([2H])c(-c5c([2H])c([2H])c([2H])c([2H])c5[2H])c4[2H])c3-[n+]3[c-]n(-c4[c-]c(Oc5[c-]c6c(cc5)c5ccccc5n6-c5cc(C(C)(C)C)ccn5)ccc4)c4ccccc43)c([2H])c(-c3c([2H])c([2H])c([2H])c([2H])c3[2H])c2[2H])c([2H])c1[2H].[Pt]. The van der Waals surface area contributed by atoms with E-state index in [1.807, 2.05) is 47.0 Å². The summed E-state index contributed by atoms with van der Waals surface area (Å²) in [4.78, 5) is 4.80. The van der Waals surface area contributed by atoms with Gasteiger partial charge in [0.25, 0.3) is 6.33 Å². The van der Waals surface area contributed by atoms with Crippen LogP contribution in [0, 0.1) is 18.5 Å². The number of hydrogen-bond acceptors (Lipinski definition) is 2. The zero-order chi connectivity index (χ0) is 77.1. The number of pyridine rings is 1. The first-order valence-electron chi connectivity index (χ1n) is 38.4. The van der Waals surface area contributed by atoms with E-state index in [9.17, 15) is 19.2 Å².